The van der Waals surface area contributed by atoms with E-state index in [1.807, 2.05) is 0 Å². The molecule has 0 aliphatic carbocycles. The first kappa shape index (κ1) is 12.9. The van der Waals surface area contributed by atoms with Crippen molar-refractivity contribution < 1.29 is 8.42 Å². The molecule has 13 heavy (non-hydrogen) atoms. The third-order valence-corrected chi connectivity index (χ3v) is 2.65. The Hall–Kier alpha value is -0.0500. The van der Waals surface area contributed by atoms with Crippen LogP contribution in [0.1, 0.15) is 51.9 Å². The summed E-state index contributed by atoms with van der Waals surface area (Å²) in [5.41, 5.74) is 0. The second kappa shape index (κ2) is 10.0. The topological polar surface area (TPSA) is 34.1 Å². The standard InChI is InChI=1S/C10H21O2S/c1-2-3-4-5-6-7-8-9-10-13(11)12/h8,13H,2-7,9-10H2,1H3. The highest BCUT2D eigenvalue weighted by molar-refractivity contribution is 7.72. The van der Waals surface area contributed by atoms with Gasteiger partial charge >= 0.3 is 0 Å². The summed E-state index contributed by atoms with van der Waals surface area (Å²) in [6.07, 6.45) is 10.3. The van der Waals surface area contributed by atoms with Crippen LogP contribution in [0.15, 0.2) is 0 Å². The molecule has 0 bridgehead atoms. The lowest BCUT2D eigenvalue weighted by molar-refractivity contribution is 0.609. The molecule has 0 rings (SSSR count). The first-order valence-corrected chi connectivity index (χ1v) is 6.57. The van der Waals surface area contributed by atoms with Crippen LogP contribution in [0, 0.1) is 6.42 Å². The Kier molecular flexibility index (Phi) is 10.00. The molecule has 2 nitrogen and oxygen atoms in total. The summed E-state index contributed by atoms with van der Waals surface area (Å²) >= 11 is 0. The average Bonchev–Trinajstić information content (AvgIpc) is 2.09. The second-order valence-corrected chi connectivity index (χ2v) is 4.45. The van der Waals surface area contributed by atoms with Crippen LogP contribution in [0.3, 0.4) is 0 Å². The molecule has 0 aromatic carbocycles. The van der Waals surface area contributed by atoms with Gasteiger partial charge in [-0.25, -0.2) is 8.42 Å². The monoisotopic (exact) mass is 205 g/mol. The fourth-order valence-corrected chi connectivity index (χ4v) is 1.63. The van der Waals surface area contributed by atoms with Gasteiger partial charge in [-0.2, -0.15) is 0 Å². The molecule has 0 amide bonds. The van der Waals surface area contributed by atoms with Crippen molar-refractivity contribution in [2.75, 3.05) is 5.75 Å². The van der Waals surface area contributed by atoms with Gasteiger partial charge in [-0.15, -0.1) is 0 Å². The summed E-state index contributed by atoms with van der Waals surface area (Å²) in [5, 5.41) is 0. The van der Waals surface area contributed by atoms with Crippen LogP contribution in [-0.4, -0.2) is 14.2 Å². The molecule has 79 valence electrons. The van der Waals surface area contributed by atoms with Gasteiger partial charge in [0.2, 0.25) is 0 Å². The Labute approximate surface area is 83.7 Å². The summed E-state index contributed by atoms with van der Waals surface area (Å²) in [6, 6.07) is 0. The van der Waals surface area contributed by atoms with Gasteiger partial charge in [0, 0.05) is 5.75 Å². The van der Waals surface area contributed by atoms with E-state index in [1.165, 1.54) is 32.1 Å². The minimum absolute atomic E-state index is 0.324. The maximum absolute atomic E-state index is 10.2. The van der Waals surface area contributed by atoms with Gasteiger partial charge in [0.15, 0.2) is 0 Å². The second-order valence-electron chi connectivity index (χ2n) is 3.34. The summed E-state index contributed by atoms with van der Waals surface area (Å²) in [4.78, 5) is 0. The van der Waals surface area contributed by atoms with Crippen molar-refractivity contribution >= 4 is 10.7 Å². The molecule has 0 aliphatic heterocycles. The zero-order valence-electron chi connectivity index (χ0n) is 8.50. The molecule has 0 aromatic heterocycles. The fourth-order valence-electron chi connectivity index (χ4n) is 1.23. The maximum atomic E-state index is 10.2. The number of thiol groups is 1. The Balaban J connectivity index is 2.91. The Morgan fingerprint density at radius 1 is 1.00 bits per heavy atom. The maximum Gasteiger partial charge on any atom is 0.140 e. The Morgan fingerprint density at radius 2 is 1.69 bits per heavy atom. The van der Waals surface area contributed by atoms with E-state index in [4.69, 9.17) is 0 Å². The molecule has 0 saturated carbocycles. The van der Waals surface area contributed by atoms with E-state index in [2.05, 4.69) is 13.3 Å². The van der Waals surface area contributed by atoms with Crippen LogP contribution in [0.5, 0.6) is 0 Å². The third kappa shape index (κ3) is 12.0. The highest BCUT2D eigenvalue weighted by atomic mass is 32.2. The summed E-state index contributed by atoms with van der Waals surface area (Å²) in [5.74, 6) is 0.324. The van der Waals surface area contributed by atoms with Crippen molar-refractivity contribution in [1.82, 2.24) is 0 Å². The lowest BCUT2D eigenvalue weighted by atomic mass is 10.1. The summed E-state index contributed by atoms with van der Waals surface area (Å²) in [6.45, 7) is 2.21. The predicted octanol–water partition coefficient (Wildman–Crippen LogP) is 2.55. The minimum atomic E-state index is -2.16. The largest absolute Gasteiger partial charge is 0.232 e. The zero-order chi connectivity index (χ0) is 9.94. The predicted molar refractivity (Wildman–Crippen MR) is 57.5 cm³/mol. The Bertz CT molecular complexity index is 156. The van der Waals surface area contributed by atoms with Crippen molar-refractivity contribution in [3.05, 3.63) is 6.42 Å². The van der Waals surface area contributed by atoms with Crippen molar-refractivity contribution in [2.24, 2.45) is 0 Å². The van der Waals surface area contributed by atoms with Gasteiger partial charge in [0.05, 0.1) is 0 Å². The van der Waals surface area contributed by atoms with Crippen molar-refractivity contribution in [3.63, 3.8) is 0 Å². The summed E-state index contributed by atoms with van der Waals surface area (Å²) in [7, 11) is -2.16. The molecule has 3 heteroatoms. The van der Waals surface area contributed by atoms with Gasteiger partial charge in [-0.1, -0.05) is 45.4 Å². The molecule has 0 unspecified atom stereocenters. The lowest BCUT2D eigenvalue weighted by Gasteiger charge is -1.98. The number of hydrogen-bond donors (Lipinski definition) is 1. The van der Waals surface area contributed by atoms with E-state index in [0.717, 1.165) is 12.8 Å². The van der Waals surface area contributed by atoms with Crippen molar-refractivity contribution in [1.29, 1.82) is 0 Å². The van der Waals surface area contributed by atoms with Gasteiger partial charge in [-0.3, -0.25) is 0 Å². The van der Waals surface area contributed by atoms with Crippen LogP contribution >= 0.6 is 0 Å². The number of rotatable bonds is 9. The fraction of sp³-hybridized carbons (Fsp3) is 0.900. The van der Waals surface area contributed by atoms with E-state index < -0.39 is 10.7 Å². The lowest BCUT2D eigenvalue weighted by Crippen LogP contribution is -1.88. The minimum Gasteiger partial charge on any atom is -0.232 e. The SMILES string of the molecule is CCCCCCC[CH]CC[SH](=O)=O. The number of hydrogen-bond acceptors (Lipinski definition) is 2. The molecular weight excluding hydrogens is 184 g/mol. The zero-order valence-corrected chi connectivity index (χ0v) is 9.39. The molecule has 0 fully saturated rings. The third-order valence-electron chi connectivity index (χ3n) is 2.03. The van der Waals surface area contributed by atoms with E-state index in [-0.39, 0.29) is 0 Å². The normalized spacial score (nSPS) is 10.9. The number of unbranched alkanes of at least 4 members (excludes halogenated alkanes) is 7. The first-order chi connectivity index (χ1) is 6.27. The van der Waals surface area contributed by atoms with Gasteiger partial charge in [0.25, 0.3) is 0 Å². The average molecular weight is 205 g/mol. The molecule has 0 saturated heterocycles. The molecule has 0 heterocycles. The summed E-state index contributed by atoms with van der Waals surface area (Å²) < 4.78 is 20.4. The van der Waals surface area contributed by atoms with Crippen molar-refractivity contribution in [3.8, 4) is 0 Å². The van der Waals surface area contributed by atoms with E-state index in [9.17, 15) is 8.42 Å². The van der Waals surface area contributed by atoms with Crippen LogP contribution in [0.4, 0.5) is 0 Å². The van der Waals surface area contributed by atoms with Crippen LogP contribution in [-0.2, 0) is 10.7 Å². The van der Waals surface area contributed by atoms with E-state index >= 15 is 0 Å². The van der Waals surface area contributed by atoms with Crippen LogP contribution in [0.2, 0.25) is 0 Å². The molecule has 0 spiro atoms. The van der Waals surface area contributed by atoms with Gasteiger partial charge in [-0.05, 0) is 12.8 Å². The highest BCUT2D eigenvalue weighted by Crippen LogP contribution is 2.07. The smallest absolute Gasteiger partial charge is 0.140 e. The van der Waals surface area contributed by atoms with Gasteiger partial charge in [0.1, 0.15) is 10.7 Å². The quantitative estimate of drug-likeness (QED) is 0.463. The molecule has 0 aromatic rings. The molecule has 0 aliphatic rings. The first-order valence-electron chi connectivity index (χ1n) is 5.20. The molecular formula is C10H21O2S. The van der Waals surface area contributed by atoms with Crippen LogP contribution < -0.4 is 0 Å². The highest BCUT2D eigenvalue weighted by Gasteiger charge is 1.92. The molecule has 0 atom stereocenters. The van der Waals surface area contributed by atoms with E-state index in [1.54, 1.807) is 0 Å². The molecule has 1 radical (unpaired) electrons. The van der Waals surface area contributed by atoms with Gasteiger partial charge < -0.3 is 0 Å². The molecule has 0 N–H and O–H groups in total. The van der Waals surface area contributed by atoms with Crippen LogP contribution in [0.25, 0.3) is 0 Å². The van der Waals surface area contributed by atoms with Crippen molar-refractivity contribution in [2.45, 2.75) is 51.9 Å². The Morgan fingerprint density at radius 3 is 2.31 bits per heavy atom. The van der Waals surface area contributed by atoms with E-state index in [0.29, 0.717) is 5.75 Å².